The average Bonchev–Trinajstić information content (AvgIpc) is 2.46. The zero-order valence-corrected chi connectivity index (χ0v) is 12.3. The fourth-order valence-corrected chi connectivity index (χ4v) is 3.58. The summed E-state index contributed by atoms with van der Waals surface area (Å²) in [6, 6.07) is 2.31. The van der Waals surface area contributed by atoms with Gasteiger partial charge in [0.2, 0.25) is 0 Å². The Labute approximate surface area is 112 Å². The molecule has 1 aliphatic carbocycles. The van der Waals surface area contributed by atoms with Crippen LogP contribution in [-0.4, -0.2) is 49.8 Å². The van der Waals surface area contributed by atoms with Gasteiger partial charge in [0.25, 0.3) is 0 Å². The minimum Gasteiger partial charge on any atom is -0.378 e. The average molecular weight is 254 g/mol. The van der Waals surface area contributed by atoms with Crippen molar-refractivity contribution in [3.05, 3.63) is 0 Å². The lowest BCUT2D eigenvalue weighted by atomic mass is 9.88. The first-order chi connectivity index (χ1) is 8.74. The maximum atomic E-state index is 5.79. The van der Waals surface area contributed by atoms with Gasteiger partial charge < -0.3 is 15.0 Å². The highest BCUT2D eigenvalue weighted by molar-refractivity contribution is 4.86. The van der Waals surface area contributed by atoms with Crippen LogP contribution in [0, 0.1) is 0 Å². The van der Waals surface area contributed by atoms with Crippen LogP contribution in [0.5, 0.6) is 0 Å². The van der Waals surface area contributed by atoms with Gasteiger partial charge in [-0.3, -0.25) is 0 Å². The molecule has 0 aromatic rings. The molecule has 2 atom stereocenters. The van der Waals surface area contributed by atoms with Gasteiger partial charge >= 0.3 is 0 Å². The second kappa shape index (κ2) is 6.88. The van der Waals surface area contributed by atoms with E-state index in [0.29, 0.717) is 6.10 Å². The molecular weight excluding hydrogens is 224 g/mol. The van der Waals surface area contributed by atoms with E-state index in [1.165, 1.54) is 38.5 Å². The van der Waals surface area contributed by atoms with Gasteiger partial charge in [-0.15, -0.1) is 0 Å². The van der Waals surface area contributed by atoms with Crippen LogP contribution in [0.1, 0.15) is 51.9 Å². The van der Waals surface area contributed by atoms with Gasteiger partial charge in [0.15, 0.2) is 0 Å². The molecule has 1 N–H and O–H groups in total. The molecule has 0 spiro atoms. The van der Waals surface area contributed by atoms with Crippen molar-refractivity contribution in [2.45, 2.75) is 76.1 Å². The summed E-state index contributed by atoms with van der Waals surface area (Å²) in [5, 5.41) is 3.42. The van der Waals surface area contributed by atoms with Crippen molar-refractivity contribution in [1.82, 2.24) is 10.2 Å². The van der Waals surface area contributed by atoms with Crippen LogP contribution in [0.3, 0.4) is 0 Å². The van der Waals surface area contributed by atoms with Crippen LogP contribution in [0.15, 0.2) is 0 Å². The Kier molecular flexibility index (Phi) is 5.46. The molecular formula is C15H30N2O. The van der Waals surface area contributed by atoms with E-state index in [2.05, 4.69) is 31.2 Å². The first kappa shape index (κ1) is 14.3. The maximum absolute atomic E-state index is 5.79. The summed E-state index contributed by atoms with van der Waals surface area (Å²) in [5.41, 5.74) is 0. The number of nitrogens with one attached hydrogen (secondary N) is 1. The van der Waals surface area contributed by atoms with Gasteiger partial charge in [-0.1, -0.05) is 6.92 Å². The van der Waals surface area contributed by atoms with E-state index in [1.807, 2.05) is 0 Å². The lowest BCUT2D eigenvalue weighted by Gasteiger charge is -2.42. The van der Waals surface area contributed by atoms with Gasteiger partial charge in [0.1, 0.15) is 0 Å². The Morgan fingerprint density at radius 2 is 1.83 bits per heavy atom. The fraction of sp³-hybridized carbons (Fsp3) is 1.00. The van der Waals surface area contributed by atoms with E-state index in [9.17, 15) is 0 Å². The Balaban J connectivity index is 1.81. The monoisotopic (exact) mass is 254 g/mol. The first-order valence-electron chi connectivity index (χ1n) is 7.75. The SMILES string of the molecule is CCC1CC(N(C)C2CCC(NC)CC2)CCO1. The zero-order valence-electron chi connectivity index (χ0n) is 12.3. The standard InChI is InChI=1S/C15H30N2O/c1-4-15-11-14(9-10-18-15)17(3)13-7-5-12(16-2)6-8-13/h12-16H,4-11H2,1-3H3. The summed E-state index contributed by atoms with van der Waals surface area (Å²) >= 11 is 0. The maximum Gasteiger partial charge on any atom is 0.0587 e. The second-order valence-corrected chi connectivity index (χ2v) is 6.04. The van der Waals surface area contributed by atoms with Gasteiger partial charge in [-0.25, -0.2) is 0 Å². The fourth-order valence-electron chi connectivity index (χ4n) is 3.58. The largest absolute Gasteiger partial charge is 0.378 e. The topological polar surface area (TPSA) is 24.5 Å². The third-order valence-corrected chi connectivity index (χ3v) is 5.05. The molecule has 2 fully saturated rings. The number of hydrogen-bond donors (Lipinski definition) is 1. The highest BCUT2D eigenvalue weighted by Crippen LogP contribution is 2.28. The number of ether oxygens (including phenoxy) is 1. The van der Waals surface area contributed by atoms with Gasteiger partial charge in [-0.2, -0.15) is 0 Å². The van der Waals surface area contributed by atoms with Crippen molar-refractivity contribution in [2.24, 2.45) is 0 Å². The normalized spacial score (nSPS) is 38.0. The molecule has 2 unspecified atom stereocenters. The van der Waals surface area contributed by atoms with E-state index >= 15 is 0 Å². The Hall–Kier alpha value is -0.120. The summed E-state index contributed by atoms with van der Waals surface area (Å²) in [6.45, 7) is 3.20. The van der Waals surface area contributed by atoms with Gasteiger partial charge in [0, 0.05) is 24.7 Å². The molecule has 1 saturated carbocycles. The molecule has 1 saturated heterocycles. The molecule has 0 aromatic heterocycles. The minimum absolute atomic E-state index is 0.500. The molecule has 0 amide bonds. The lowest BCUT2D eigenvalue weighted by molar-refractivity contribution is -0.0349. The van der Waals surface area contributed by atoms with E-state index < -0.39 is 0 Å². The lowest BCUT2D eigenvalue weighted by Crippen LogP contribution is -2.47. The summed E-state index contributed by atoms with van der Waals surface area (Å²) in [6.07, 6.45) is 9.51. The van der Waals surface area contributed by atoms with E-state index in [0.717, 1.165) is 31.2 Å². The van der Waals surface area contributed by atoms with Crippen LogP contribution < -0.4 is 5.32 Å². The molecule has 1 heterocycles. The summed E-state index contributed by atoms with van der Waals surface area (Å²) in [5.74, 6) is 0. The number of hydrogen-bond acceptors (Lipinski definition) is 3. The van der Waals surface area contributed by atoms with Crippen molar-refractivity contribution >= 4 is 0 Å². The Bertz CT molecular complexity index is 239. The molecule has 1 aliphatic heterocycles. The molecule has 0 radical (unpaired) electrons. The molecule has 2 rings (SSSR count). The molecule has 106 valence electrons. The Morgan fingerprint density at radius 1 is 1.11 bits per heavy atom. The minimum atomic E-state index is 0.500. The molecule has 3 nitrogen and oxygen atoms in total. The first-order valence-corrected chi connectivity index (χ1v) is 7.75. The molecule has 0 aromatic carbocycles. The second-order valence-electron chi connectivity index (χ2n) is 6.04. The smallest absolute Gasteiger partial charge is 0.0587 e. The molecule has 18 heavy (non-hydrogen) atoms. The van der Waals surface area contributed by atoms with Crippen LogP contribution >= 0.6 is 0 Å². The van der Waals surface area contributed by atoms with Crippen molar-refractivity contribution < 1.29 is 4.74 Å². The quantitative estimate of drug-likeness (QED) is 0.834. The molecule has 2 aliphatic rings. The van der Waals surface area contributed by atoms with E-state index in [1.54, 1.807) is 0 Å². The van der Waals surface area contributed by atoms with Crippen molar-refractivity contribution in [2.75, 3.05) is 20.7 Å². The van der Waals surface area contributed by atoms with E-state index in [-0.39, 0.29) is 0 Å². The van der Waals surface area contributed by atoms with Crippen molar-refractivity contribution in [3.8, 4) is 0 Å². The highest BCUT2D eigenvalue weighted by atomic mass is 16.5. The third-order valence-electron chi connectivity index (χ3n) is 5.05. The number of nitrogens with zero attached hydrogens (tertiary/aromatic N) is 1. The van der Waals surface area contributed by atoms with Crippen LogP contribution in [0.2, 0.25) is 0 Å². The zero-order chi connectivity index (χ0) is 13.0. The van der Waals surface area contributed by atoms with Crippen molar-refractivity contribution in [3.63, 3.8) is 0 Å². The summed E-state index contributed by atoms with van der Waals surface area (Å²) < 4.78 is 5.79. The predicted molar refractivity (Wildman–Crippen MR) is 75.9 cm³/mol. The Morgan fingerprint density at radius 3 is 2.44 bits per heavy atom. The van der Waals surface area contributed by atoms with Gasteiger partial charge in [0.05, 0.1) is 6.10 Å². The number of rotatable bonds is 4. The predicted octanol–water partition coefficient (Wildman–Crippen LogP) is 2.41. The summed E-state index contributed by atoms with van der Waals surface area (Å²) in [4.78, 5) is 2.66. The molecule has 0 bridgehead atoms. The highest BCUT2D eigenvalue weighted by Gasteiger charge is 2.30. The van der Waals surface area contributed by atoms with Crippen LogP contribution in [-0.2, 0) is 4.74 Å². The third kappa shape index (κ3) is 3.46. The molecule has 3 heteroatoms. The van der Waals surface area contributed by atoms with Crippen molar-refractivity contribution in [1.29, 1.82) is 0 Å². The van der Waals surface area contributed by atoms with Gasteiger partial charge in [-0.05, 0) is 59.0 Å². The van der Waals surface area contributed by atoms with E-state index in [4.69, 9.17) is 4.74 Å². The van der Waals surface area contributed by atoms with Crippen LogP contribution in [0.25, 0.3) is 0 Å². The summed E-state index contributed by atoms with van der Waals surface area (Å²) in [7, 11) is 4.44. The van der Waals surface area contributed by atoms with Crippen LogP contribution in [0.4, 0.5) is 0 Å².